The van der Waals surface area contributed by atoms with Crippen LogP contribution in [0.3, 0.4) is 0 Å². The van der Waals surface area contributed by atoms with Gasteiger partial charge in [-0.25, -0.2) is 18.4 Å². The third-order valence-electron chi connectivity index (χ3n) is 3.31. The smallest absolute Gasteiger partial charge is 0.261 e. The van der Waals surface area contributed by atoms with Gasteiger partial charge in [-0.15, -0.1) is 0 Å². The number of nitrogens with zero attached hydrogens (tertiary/aromatic N) is 3. The van der Waals surface area contributed by atoms with Crippen molar-refractivity contribution in [3.05, 3.63) is 41.7 Å². The van der Waals surface area contributed by atoms with Crippen LogP contribution >= 0.6 is 11.6 Å². The normalized spacial score (nSPS) is 15.4. The van der Waals surface area contributed by atoms with E-state index in [0.717, 1.165) is 13.1 Å². The van der Waals surface area contributed by atoms with Crippen LogP contribution in [0.25, 0.3) is 0 Å². The number of ether oxygens (including phenoxy) is 1. The van der Waals surface area contributed by atoms with Crippen LogP contribution in [0.1, 0.15) is 0 Å². The Morgan fingerprint density at radius 1 is 1.09 bits per heavy atom. The van der Waals surface area contributed by atoms with E-state index < -0.39 is 10.0 Å². The van der Waals surface area contributed by atoms with Gasteiger partial charge in [0.2, 0.25) is 5.95 Å². The largest absolute Gasteiger partial charge is 0.378 e. The van der Waals surface area contributed by atoms with Crippen LogP contribution in [-0.4, -0.2) is 44.7 Å². The second kappa shape index (κ2) is 6.69. The summed E-state index contributed by atoms with van der Waals surface area (Å²) in [7, 11) is -3.69. The maximum atomic E-state index is 12.3. The first-order valence-electron chi connectivity index (χ1n) is 6.98. The zero-order chi connectivity index (χ0) is 16.3. The van der Waals surface area contributed by atoms with Crippen LogP contribution in [0, 0.1) is 0 Å². The van der Waals surface area contributed by atoms with E-state index in [2.05, 4.69) is 14.7 Å². The number of anilines is 2. The fraction of sp³-hybridized carbons (Fsp3) is 0.286. The van der Waals surface area contributed by atoms with Crippen molar-refractivity contribution in [2.75, 3.05) is 35.9 Å². The van der Waals surface area contributed by atoms with Gasteiger partial charge in [0.1, 0.15) is 0 Å². The Balaban J connectivity index is 1.73. The molecule has 0 aliphatic carbocycles. The van der Waals surface area contributed by atoms with Crippen molar-refractivity contribution in [3.8, 4) is 0 Å². The van der Waals surface area contributed by atoms with E-state index in [9.17, 15) is 8.42 Å². The number of morpholine rings is 1. The number of hydrogen-bond donors (Lipinski definition) is 1. The van der Waals surface area contributed by atoms with Gasteiger partial charge in [0, 0.05) is 18.1 Å². The van der Waals surface area contributed by atoms with Gasteiger partial charge in [-0.3, -0.25) is 4.72 Å². The average Bonchev–Trinajstić information content (AvgIpc) is 2.56. The Kier molecular flexibility index (Phi) is 4.65. The minimum Gasteiger partial charge on any atom is -0.378 e. The molecule has 1 saturated heterocycles. The fourth-order valence-corrected chi connectivity index (χ4v) is 3.28. The van der Waals surface area contributed by atoms with Crippen molar-refractivity contribution < 1.29 is 13.2 Å². The highest BCUT2D eigenvalue weighted by molar-refractivity contribution is 7.92. The van der Waals surface area contributed by atoms with Crippen molar-refractivity contribution in [1.82, 2.24) is 9.97 Å². The molecule has 0 bridgehead atoms. The number of benzene rings is 1. The number of nitrogens with one attached hydrogen (secondary N) is 1. The lowest BCUT2D eigenvalue weighted by Crippen LogP contribution is -2.37. The SMILES string of the molecule is O=S(=O)(Nc1cnc(N2CCOCC2)nc1)c1ccc(Cl)cc1. The summed E-state index contributed by atoms with van der Waals surface area (Å²) in [4.78, 5) is 10.5. The Hall–Kier alpha value is -1.90. The summed E-state index contributed by atoms with van der Waals surface area (Å²) >= 11 is 5.76. The van der Waals surface area contributed by atoms with E-state index >= 15 is 0 Å². The highest BCUT2D eigenvalue weighted by atomic mass is 35.5. The summed E-state index contributed by atoms with van der Waals surface area (Å²) in [6.07, 6.45) is 2.90. The Morgan fingerprint density at radius 2 is 1.70 bits per heavy atom. The van der Waals surface area contributed by atoms with E-state index in [0.29, 0.717) is 29.9 Å². The maximum Gasteiger partial charge on any atom is 0.261 e. The number of sulfonamides is 1. The summed E-state index contributed by atoms with van der Waals surface area (Å²) < 4.78 is 32.2. The van der Waals surface area contributed by atoms with E-state index in [4.69, 9.17) is 16.3 Å². The number of rotatable bonds is 4. The average molecular weight is 355 g/mol. The summed E-state index contributed by atoms with van der Waals surface area (Å²) in [5.74, 6) is 0.558. The van der Waals surface area contributed by atoms with E-state index in [1.807, 2.05) is 4.90 Å². The Labute approximate surface area is 139 Å². The van der Waals surface area contributed by atoms with Gasteiger partial charge in [0.05, 0.1) is 36.2 Å². The molecule has 0 radical (unpaired) electrons. The lowest BCUT2D eigenvalue weighted by molar-refractivity contribution is 0.122. The van der Waals surface area contributed by atoms with Crippen molar-refractivity contribution in [3.63, 3.8) is 0 Å². The molecule has 0 amide bonds. The van der Waals surface area contributed by atoms with Crippen LogP contribution in [-0.2, 0) is 14.8 Å². The van der Waals surface area contributed by atoms with Crippen molar-refractivity contribution in [1.29, 1.82) is 0 Å². The first-order chi connectivity index (χ1) is 11.0. The molecule has 0 spiro atoms. The lowest BCUT2D eigenvalue weighted by atomic mass is 10.4. The van der Waals surface area contributed by atoms with E-state index in [-0.39, 0.29) is 4.90 Å². The molecule has 0 unspecified atom stereocenters. The molecule has 0 saturated carbocycles. The second-order valence-electron chi connectivity index (χ2n) is 4.93. The van der Waals surface area contributed by atoms with Crippen LogP contribution in [0.2, 0.25) is 5.02 Å². The molecule has 1 fully saturated rings. The monoisotopic (exact) mass is 354 g/mol. The van der Waals surface area contributed by atoms with Crippen LogP contribution in [0.15, 0.2) is 41.6 Å². The summed E-state index contributed by atoms with van der Waals surface area (Å²) in [6.45, 7) is 2.70. The van der Waals surface area contributed by atoms with Crippen LogP contribution < -0.4 is 9.62 Å². The summed E-state index contributed by atoms with van der Waals surface area (Å²) in [5, 5.41) is 0.474. The molecule has 1 aromatic carbocycles. The molecule has 2 heterocycles. The molecule has 2 aromatic rings. The third kappa shape index (κ3) is 3.90. The maximum absolute atomic E-state index is 12.3. The van der Waals surface area contributed by atoms with E-state index in [1.165, 1.54) is 36.7 Å². The van der Waals surface area contributed by atoms with Gasteiger partial charge in [0.15, 0.2) is 0 Å². The van der Waals surface area contributed by atoms with Crippen molar-refractivity contribution in [2.45, 2.75) is 4.90 Å². The summed E-state index contributed by atoms with van der Waals surface area (Å²) in [5.41, 5.74) is 0.303. The van der Waals surface area contributed by atoms with Gasteiger partial charge in [-0.1, -0.05) is 11.6 Å². The Bertz CT molecular complexity index is 760. The van der Waals surface area contributed by atoms with Gasteiger partial charge < -0.3 is 9.64 Å². The molecular formula is C14H15ClN4O3S. The topological polar surface area (TPSA) is 84.4 Å². The zero-order valence-corrected chi connectivity index (χ0v) is 13.7. The molecule has 7 nitrogen and oxygen atoms in total. The molecule has 1 aliphatic rings. The highest BCUT2D eigenvalue weighted by Gasteiger charge is 2.16. The highest BCUT2D eigenvalue weighted by Crippen LogP contribution is 2.18. The molecule has 122 valence electrons. The van der Waals surface area contributed by atoms with Gasteiger partial charge in [0.25, 0.3) is 10.0 Å². The zero-order valence-electron chi connectivity index (χ0n) is 12.1. The minimum absolute atomic E-state index is 0.124. The van der Waals surface area contributed by atoms with Crippen molar-refractivity contribution in [2.24, 2.45) is 0 Å². The molecular weight excluding hydrogens is 340 g/mol. The molecule has 1 N–H and O–H groups in total. The van der Waals surface area contributed by atoms with Crippen LogP contribution in [0.4, 0.5) is 11.6 Å². The molecule has 3 rings (SSSR count). The molecule has 0 atom stereocenters. The molecule has 1 aliphatic heterocycles. The van der Waals surface area contributed by atoms with Gasteiger partial charge in [-0.05, 0) is 24.3 Å². The van der Waals surface area contributed by atoms with Gasteiger partial charge >= 0.3 is 0 Å². The summed E-state index contributed by atoms with van der Waals surface area (Å²) in [6, 6.07) is 5.92. The van der Waals surface area contributed by atoms with E-state index in [1.54, 1.807) is 0 Å². The standard InChI is InChI=1S/C14H15ClN4O3S/c15-11-1-3-13(4-2-11)23(20,21)18-12-9-16-14(17-10-12)19-5-7-22-8-6-19/h1-4,9-10,18H,5-8H2. The van der Waals surface area contributed by atoms with Gasteiger partial charge in [-0.2, -0.15) is 0 Å². The molecule has 9 heteroatoms. The quantitative estimate of drug-likeness (QED) is 0.900. The first kappa shape index (κ1) is 16.0. The molecule has 23 heavy (non-hydrogen) atoms. The predicted molar refractivity (Wildman–Crippen MR) is 87.3 cm³/mol. The predicted octanol–water partition coefficient (Wildman–Crippen LogP) is 1.77. The third-order valence-corrected chi connectivity index (χ3v) is 4.96. The second-order valence-corrected chi connectivity index (χ2v) is 7.05. The number of aromatic nitrogens is 2. The molecule has 1 aromatic heterocycles. The van der Waals surface area contributed by atoms with Crippen molar-refractivity contribution >= 4 is 33.3 Å². The lowest BCUT2D eigenvalue weighted by Gasteiger charge is -2.26. The minimum atomic E-state index is -3.69. The number of hydrogen-bond acceptors (Lipinski definition) is 6. The fourth-order valence-electron chi connectivity index (χ4n) is 2.13. The van der Waals surface area contributed by atoms with Crippen LogP contribution in [0.5, 0.6) is 0 Å². The number of halogens is 1. The first-order valence-corrected chi connectivity index (χ1v) is 8.84. The Morgan fingerprint density at radius 3 is 2.30 bits per heavy atom.